The van der Waals surface area contributed by atoms with Gasteiger partial charge in [-0.2, -0.15) is 0 Å². The van der Waals surface area contributed by atoms with Crippen LogP contribution in [0, 0.1) is 0 Å². The third kappa shape index (κ3) is 4.88. The molecule has 0 unspecified atom stereocenters. The molecule has 1 fully saturated rings. The molecule has 1 aliphatic rings. The lowest BCUT2D eigenvalue weighted by Gasteiger charge is -2.40. The minimum atomic E-state index is -1.34. The third-order valence-corrected chi connectivity index (χ3v) is 4.34. The van der Waals surface area contributed by atoms with Crippen molar-refractivity contribution in [2.75, 3.05) is 6.61 Å². The van der Waals surface area contributed by atoms with Crippen LogP contribution in [0.3, 0.4) is 0 Å². The van der Waals surface area contributed by atoms with E-state index in [-0.39, 0.29) is 13.2 Å². The number of benzene rings is 2. The van der Waals surface area contributed by atoms with E-state index in [1.807, 2.05) is 60.7 Å². The fourth-order valence-electron chi connectivity index (χ4n) is 2.87. The molecule has 0 aromatic heterocycles. The molecule has 1 aliphatic heterocycles. The Kier molecular flexibility index (Phi) is 6.73. The number of ether oxygens (including phenoxy) is 3. The summed E-state index contributed by atoms with van der Waals surface area (Å²) in [5.74, 6) is 0. The van der Waals surface area contributed by atoms with Gasteiger partial charge in [0.1, 0.15) is 24.4 Å². The Balaban J connectivity index is 1.49. The Morgan fingerprint density at radius 2 is 1.35 bits per heavy atom. The van der Waals surface area contributed by atoms with Crippen LogP contribution >= 0.6 is 0 Å². The van der Waals surface area contributed by atoms with Crippen LogP contribution < -0.4 is 0 Å². The molecule has 2 aromatic rings. The highest BCUT2D eigenvalue weighted by molar-refractivity contribution is 5.14. The molecule has 6 heteroatoms. The van der Waals surface area contributed by atoms with E-state index in [9.17, 15) is 15.3 Å². The van der Waals surface area contributed by atoms with Crippen molar-refractivity contribution in [2.45, 2.75) is 43.9 Å². The van der Waals surface area contributed by atoms with Gasteiger partial charge >= 0.3 is 0 Å². The van der Waals surface area contributed by atoms with Crippen LogP contribution in [-0.4, -0.2) is 52.6 Å². The maximum absolute atomic E-state index is 10.3. The van der Waals surface area contributed by atoms with E-state index >= 15 is 0 Å². The highest BCUT2D eigenvalue weighted by Crippen LogP contribution is 2.24. The van der Waals surface area contributed by atoms with Crippen molar-refractivity contribution in [2.24, 2.45) is 0 Å². The van der Waals surface area contributed by atoms with E-state index in [2.05, 4.69) is 0 Å². The van der Waals surface area contributed by atoms with Crippen molar-refractivity contribution in [3.05, 3.63) is 71.8 Å². The largest absolute Gasteiger partial charge is 0.387 e. The van der Waals surface area contributed by atoms with Crippen LogP contribution in [0.25, 0.3) is 0 Å². The zero-order valence-electron chi connectivity index (χ0n) is 14.3. The van der Waals surface area contributed by atoms with Gasteiger partial charge in [-0.25, -0.2) is 0 Å². The van der Waals surface area contributed by atoms with Crippen molar-refractivity contribution in [1.82, 2.24) is 0 Å². The van der Waals surface area contributed by atoms with E-state index in [1.54, 1.807) is 0 Å². The second kappa shape index (κ2) is 9.23. The lowest BCUT2D eigenvalue weighted by molar-refractivity contribution is -0.300. The first-order valence-electron chi connectivity index (χ1n) is 8.62. The molecule has 26 heavy (non-hydrogen) atoms. The van der Waals surface area contributed by atoms with Crippen LogP contribution in [0.5, 0.6) is 0 Å². The molecule has 1 heterocycles. The smallest absolute Gasteiger partial charge is 0.184 e. The number of aliphatic hydroxyl groups is 3. The van der Waals surface area contributed by atoms with Gasteiger partial charge in [-0.3, -0.25) is 0 Å². The van der Waals surface area contributed by atoms with Gasteiger partial charge in [-0.15, -0.1) is 0 Å². The van der Waals surface area contributed by atoms with Gasteiger partial charge in [-0.1, -0.05) is 60.7 Å². The summed E-state index contributed by atoms with van der Waals surface area (Å²) in [4.78, 5) is 0. The first-order valence-corrected chi connectivity index (χ1v) is 8.62. The third-order valence-electron chi connectivity index (χ3n) is 4.34. The second-order valence-corrected chi connectivity index (χ2v) is 6.31. The predicted octanol–water partition coefficient (Wildman–Crippen LogP) is 1.23. The van der Waals surface area contributed by atoms with E-state index < -0.39 is 30.7 Å². The number of aliphatic hydroxyl groups excluding tert-OH is 3. The monoisotopic (exact) mass is 360 g/mol. The molecule has 0 saturated carbocycles. The molecule has 0 spiro atoms. The van der Waals surface area contributed by atoms with Crippen molar-refractivity contribution in [3.63, 3.8) is 0 Å². The Morgan fingerprint density at radius 3 is 1.96 bits per heavy atom. The predicted molar refractivity (Wildman–Crippen MR) is 94.0 cm³/mol. The first kappa shape index (κ1) is 19.0. The van der Waals surface area contributed by atoms with Gasteiger partial charge in [0.25, 0.3) is 0 Å². The highest BCUT2D eigenvalue weighted by atomic mass is 16.7. The quantitative estimate of drug-likeness (QED) is 0.688. The number of rotatable bonds is 7. The lowest BCUT2D eigenvalue weighted by Crippen LogP contribution is -2.59. The number of hydrogen-bond donors (Lipinski definition) is 3. The highest BCUT2D eigenvalue weighted by Gasteiger charge is 2.44. The summed E-state index contributed by atoms with van der Waals surface area (Å²) in [5, 5.41) is 30.7. The topological polar surface area (TPSA) is 88.4 Å². The first-order chi connectivity index (χ1) is 12.6. The molecule has 0 radical (unpaired) electrons. The van der Waals surface area contributed by atoms with E-state index in [0.717, 1.165) is 11.1 Å². The molecule has 1 saturated heterocycles. The normalized spacial score (nSPS) is 28.8. The van der Waals surface area contributed by atoms with Gasteiger partial charge < -0.3 is 29.5 Å². The zero-order chi connectivity index (χ0) is 18.4. The molecule has 6 nitrogen and oxygen atoms in total. The van der Waals surface area contributed by atoms with E-state index in [0.29, 0.717) is 6.61 Å². The summed E-state index contributed by atoms with van der Waals surface area (Å²) < 4.78 is 16.5. The molecule has 2 aromatic carbocycles. The summed E-state index contributed by atoms with van der Waals surface area (Å²) in [5.41, 5.74) is 1.89. The van der Waals surface area contributed by atoms with Gasteiger partial charge in [0.05, 0.1) is 19.8 Å². The Hall–Kier alpha value is -1.80. The Morgan fingerprint density at radius 1 is 0.769 bits per heavy atom. The Bertz CT molecular complexity index is 648. The van der Waals surface area contributed by atoms with Gasteiger partial charge in [-0.05, 0) is 11.1 Å². The average Bonchev–Trinajstić information content (AvgIpc) is 2.67. The number of hydrogen-bond acceptors (Lipinski definition) is 6. The molecule has 0 bridgehead atoms. The molecule has 3 rings (SSSR count). The van der Waals surface area contributed by atoms with Crippen LogP contribution in [0.2, 0.25) is 0 Å². The molecule has 0 aliphatic carbocycles. The van der Waals surface area contributed by atoms with Crippen molar-refractivity contribution < 1.29 is 29.5 Å². The van der Waals surface area contributed by atoms with Crippen LogP contribution in [-0.2, 0) is 27.4 Å². The fraction of sp³-hybridized carbons (Fsp3) is 0.400. The summed E-state index contributed by atoms with van der Waals surface area (Å²) >= 11 is 0. The van der Waals surface area contributed by atoms with Crippen molar-refractivity contribution in [3.8, 4) is 0 Å². The summed E-state index contributed by atoms with van der Waals surface area (Å²) in [7, 11) is 0. The van der Waals surface area contributed by atoms with Crippen LogP contribution in [0.15, 0.2) is 60.7 Å². The molecular formula is C20H24O6. The SMILES string of the molecule is O[C@H]1[C@H](O)[C@@H](COCc2ccccc2)O[C@H](O)[C@@H]1OCc1ccccc1. The summed E-state index contributed by atoms with van der Waals surface area (Å²) in [6, 6.07) is 19.0. The molecule has 3 N–H and O–H groups in total. The van der Waals surface area contributed by atoms with E-state index in [4.69, 9.17) is 14.2 Å². The molecular weight excluding hydrogens is 336 g/mol. The average molecular weight is 360 g/mol. The Labute approximate surface area is 152 Å². The summed E-state index contributed by atoms with van der Waals surface area (Å²) in [6.07, 6.45) is -5.69. The molecule has 5 atom stereocenters. The maximum Gasteiger partial charge on any atom is 0.184 e. The van der Waals surface area contributed by atoms with Crippen molar-refractivity contribution >= 4 is 0 Å². The standard InChI is InChI=1S/C20H24O6/c21-17-16(13-24-11-14-7-3-1-4-8-14)26-20(23)19(18(17)22)25-12-15-9-5-2-6-10-15/h1-10,16-23H,11-13H2/t16-,17-,18+,19-,20+/m1/s1. The fourth-order valence-corrected chi connectivity index (χ4v) is 2.87. The van der Waals surface area contributed by atoms with E-state index in [1.165, 1.54) is 0 Å². The van der Waals surface area contributed by atoms with Gasteiger partial charge in [0.2, 0.25) is 0 Å². The lowest BCUT2D eigenvalue weighted by atomic mass is 9.99. The second-order valence-electron chi connectivity index (χ2n) is 6.31. The minimum Gasteiger partial charge on any atom is -0.387 e. The van der Waals surface area contributed by atoms with Crippen LogP contribution in [0.4, 0.5) is 0 Å². The maximum atomic E-state index is 10.3. The van der Waals surface area contributed by atoms with Crippen LogP contribution in [0.1, 0.15) is 11.1 Å². The zero-order valence-corrected chi connectivity index (χ0v) is 14.3. The molecule has 0 amide bonds. The minimum absolute atomic E-state index is 0.0512. The van der Waals surface area contributed by atoms with Crippen molar-refractivity contribution in [1.29, 1.82) is 0 Å². The van der Waals surface area contributed by atoms with Gasteiger partial charge in [0.15, 0.2) is 6.29 Å². The summed E-state index contributed by atoms with van der Waals surface area (Å²) in [6.45, 7) is 0.605. The molecule has 140 valence electrons. The van der Waals surface area contributed by atoms with Gasteiger partial charge in [0, 0.05) is 0 Å².